The summed E-state index contributed by atoms with van der Waals surface area (Å²) in [6.07, 6.45) is -0.471. The number of aliphatic hydroxyl groups excluding tert-OH is 1. The van der Waals surface area contributed by atoms with Gasteiger partial charge in [-0.2, -0.15) is 5.10 Å². The van der Waals surface area contributed by atoms with Crippen molar-refractivity contribution in [1.82, 2.24) is 9.78 Å². The number of ether oxygens (including phenoxy) is 1. The Morgan fingerprint density at radius 2 is 2.64 bits per heavy atom. The van der Waals surface area contributed by atoms with Crippen LogP contribution in [0.2, 0.25) is 0 Å². The predicted octanol–water partition coefficient (Wildman–Crippen LogP) is -0.781. The molecule has 0 aliphatic carbocycles. The lowest BCUT2D eigenvalue weighted by molar-refractivity contribution is 0.0558. The second-order valence-corrected chi connectivity index (χ2v) is 2.55. The van der Waals surface area contributed by atoms with E-state index in [0.29, 0.717) is 24.8 Å². The second-order valence-electron chi connectivity index (χ2n) is 2.55. The molecule has 1 unspecified atom stereocenters. The Morgan fingerprint density at radius 1 is 1.82 bits per heavy atom. The molecule has 1 aromatic heterocycles. The van der Waals surface area contributed by atoms with E-state index >= 15 is 0 Å². The Kier molecular flexibility index (Phi) is 1.25. The molecule has 1 aliphatic rings. The van der Waals surface area contributed by atoms with Gasteiger partial charge in [-0.25, -0.2) is 4.68 Å². The number of aliphatic hydroxyl groups is 1. The molecule has 1 aliphatic heterocycles. The Hall–Kier alpha value is -1.23. The summed E-state index contributed by atoms with van der Waals surface area (Å²) in [5.41, 5.74) is 5.41. The predicted molar refractivity (Wildman–Crippen MR) is 38.1 cm³/mol. The number of nitrogens with zero attached hydrogens (tertiary/aromatic N) is 2. The van der Waals surface area contributed by atoms with Crippen molar-refractivity contribution in [1.29, 1.82) is 0 Å². The summed E-state index contributed by atoms with van der Waals surface area (Å²) >= 11 is 0. The molecule has 1 aromatic rings. The Labute approximate surface area is 63.4 Å². The van der Waals surface area contributed by atoms with E-state index in [-0.39, 0.29) is 0 Å². The molecular formula is C6H9N3O2. The molecule has 0 saturated heterocycles. The summed E-state index contributed by atoms with van der Waals surface area (Å²) in [4.78, 5) is 0. The zero-order valence-electron chi connectivity index (χ0n) is 5.90. The topological polar surface area (TPSA) is 73.3 Å². The number of hydrogen-bond donors (Lipinski definition) is 2. The lowest BCUT2D eigenvalue weighted by Crippen LogP contribution is -2.29. The van der Waals surface area contributed by atoms with Crippen LogP contribution in [0.5, 0.6) is 5.88 Å². The van der Waals surface area contributed by atoms with Gasteiger partial charge in [0.25, 0.3) is 0 Å². The summed E-state index contributed by atoms with van der Waals surface area (Å²) in [6.45, 7) is 0.789. The number of nitrogen functional groups attached to an aromatic ring is 1. The van der Waals surface area contributed by atoms with Crippen LogP contribution in [0.4, 0.5) is 5.82 Å². The smallest absolute Gasteiger partial charge is 0.214 e. The number of hydrogen-bond acceptors (Lipinski definition) is 4. The van der Waals surface area contributed by atoms with Crippen LogP contribution < -0.4 is 10.5 Å². The number of nitrogens with two attached hydrogens (primary N) is 1. The molecule has 1 atom stereocenters. The minimum absolute atomic E-state index is 0.325. The molecule has 0 amide bonds. The fourth-order valence-corrected chi connectivity index (χ4v) is 1.10. The van der Waals surface area contributed by atoms with E-state index in [0.717, 1.165) is 0 Å². The van der Waals surface area contributed by atoms with Gasteiger partial charge in [-0.15, -0.1) is 0 Å². The second kappa shape index (κ2) is 2.13. The molecule has 0 fully saturated rings. The molecule has 60 valence electrons. The zero-order chi connectivity index (χ0) is 7.84. The van der Waals surface area contributed by atoms with Crippen molar-refractivity contribution in [2.45, 2.75) is 12.6 Å². The van der Waals surface area contributed by atoms with Crippen LogP contribution in [0.25, 0.3) is 0 Å². The van der Waals surface area contributed by atoms with Gasteiger partial charge in [-0.05, 0) is 0 Å². The standard InChI is InChI=1S/C6H9N3O2/c7-5-1-6-9(8-5)2-4(10)3-11-6/h1,4,10H,2-3H2,(H2,7,8). The normalized spacial score (nSPS) is 22.5. The SMILES string of the molecule is Nc1cc2n(n1)CC(O)CO2. The fourth-order valence-electron chi connectivity index (χ4n) is 1.10. The van der Waals surface area contributed by atoms with Crippen LogP contribution in [0.15, 0.2) is 6.07 Å². The molecule has 5 heteroatoms. The highest BCUT2D eigenvalue weighted by Gasteiger charge is 2.18. The largest absolute Gasteiger partial charge is 0.475 e. The highest BCUT2D eigenvalue weighted by atomic mass is 16.5. The quantitative estimate of drug-likeness (QED) is 0.515. The van der Waals surface area contributed by atoms with Crippen molar-refractivity contribution in [2.24, 2.45) is 0 Å². The van der Waals surface area contributed by atoms with Crippen molar-refractivity contribution < 1.29 is 9.84 Å². The zero-order valence-corrected chi connectivity index (χ0v) is 5.90. The van der Waals surface area contributed by atoms with E-state index in [1.54, 1.807) is 10.7 Å². The number of aromatic nitrogens is 2. The van der Waals surface area contributed by atoms with Gasteiger partial charge in [0, 0.05) is 6.07 Å². The van der Waals surface area contributed by atoms with Crippen molar-refractivity contribution in [3.63, 3.8) is 0 Å². The van der Waals surface area contributed by atoms with Gasteiger partial charge in [0.15, 0.2) is 0 Å². The summed E-state index contributed by atoms with van der Waals surface area (Å²) in [7, 11) is 0. The van der Waals surface area contributed by atoms with Gasteiger partial charge < -0.3 is 15.6 Å². The lowest BCUT2D eigenvalue weighted by Gasteiger charge is -2.19. The third-order valence-electron chi connectivity index (χ3n) is 1.57. The van der Waals surface area contributed by atoms with Crippen LogP contribution in [0, 0.1) is 0 Å². The van der Waals surface area contributed by atoms with Gasteiger partial charge in [-0.3, -0.25) is 0 Å². The maximum absolute atomic E-state index is 9.14. The lowest BCUT2D eigenvalue weighted by atomic mass is 10.3. The van der Waals surface area contributed by atoms with Gasteiger partial charge in [0.05, 0.1) is 6.54 Å². The molecule has 0 saturated carbocycles. The van der Waals surface area contributed by atoms with E-state index in [1.165, 1.54) is 0 Å². The maximum atomic E-state index is 9.14. The molecule has 2 rings (SSSR count). The Bertz CT molecular complexity index is 271. The highest BCUT2D eigenvalue weighted by molar-refractivity contribution is 5.33. The maximum Gasteiger partial charge on any atom is 0.214 e. The molecule has 0 aromatic carbocycles. The van der Waals surface area contributed by atoms with Crippen LogP contribution >= 0.6 is 0 Å². The van der Waals surface area contributed by atoms with Crippen molar-refractivity contribution in [3.05, 3.63) is 6.07 Å². The molecule has 0 bridgehead atoms. The van der Waals surface area contributed by atoms with Gasteiger partial charge in [0.2, 0.25) is 5.88 Å². The van der Waals surface area contributed by atoms with E-state index in [4.69, 9.17) is 15.6 Å². The third-order valence-corrected chi connectivity index (χ3v) is 1.57. The summed E-state index contributed by atoms with van der Waals surface area (Å²) in [6, 6.07) is 1.64. The summed E-state index contributed by atoms with van der Waals surface area (Å²) in [5, 5.41) is 13.0. The van der Waals surface area contributed by atoms with Gasteiger partial charge in [0.1, 0.15) is 18.5 Å². The number of rotatable bonds is 0. The van der Waals surface area contributed by atoms with E-state index in [9.17, 15) is 0 Å². The van der Waals surface area contributed by atoms with Gasteiger partial charge in [-0.1, -0.05) is 0 Å². The first-order valence-electron chi connectivity index (χ1n) is 3.40. The molecule has 2 heterocycles. The van der Waals surface area contributed by atoms with Crippen molar-refractivity contribution >= 4 is 5.82 Å². The van der Waals surface area contributed by atoms with Crippen molar-refractivity contribution in [2.75, 3.05) is 12.3 Å². The first kappa shape index (κ1) is 6.48. The van der Waals surface area contributed by atoms with E-state index in [2.05, 4.69) is 5.10 Å². The highest BCUT2D eigenvalue weighted by Crippen LogP contribution is 2.19. The molecule has 11 heavy (non-hydrogen) atoms. The monoisotopic (exact) mass is 155 g/mol. The number of fused-ring (bicyclic) bond motifs is 1. The first-order chi connectivity index (χ1) is 5.25. The average Bonchev–Trinajstić information content (AvgIpc) is 2.27. The molecule has 3 N–H and O–H groups in total. The van der Waals surface area contributed by atoms with Crippen LogP contribution in [-0.4, -0.2) is 27.6 Å². The molecule has 0 radical (unpaired) electrons. The Morgan fingerprint density at radius 3 is 3.45 bits per heavy atom. The first-order valence-corrected chi connectivity index (χ1v) is 3.40. The van der Waals surface area contributed by atoms with Crippen LogP contribution in [0.3, 0.4) is 0 Å². The van der Waals surface area contributed by atoms with Crippen molar-refractivity contribution in [3.8, 4) is 5.88 Å². The Balaban J connectivity index is 2.34. The van der Waals surface area contributed by atoms with E-state index < -0.39 is 6.10 Å². The summed E-state index contributed by atoms with van der Waals surface area (Å²) < 4.78 is 6.69. The minimum Gasteiger partial charge on any atom is -0.475 e. The molecular weight excluding hydrogens is 146 g/mol. The molecule has 5 nitrogen and oxygen atoms in total. The third kappa shape index (κ3) is 1.03. The summed E-state index contributed by atoms with van der Waals surface area (Å²) in [5.74, 6) is 1.06. The minimum atomic E-state index is -0.471. The average molecular weight is 155 g/mol. The van der Waals surface area contributed by atoms with Crippen LogP contribution in [-0.2, 0) is 6.54 Å². The molecule has 0 spiro atoms. The van der Waals surface area contributed by atoms with Crippen LogP contribution in [0.1, 0.15) is 0 Å². The number of anilines is 1. The van der Waals surface area contributed by atoms with Gasteiger partial charge >= 0.3 is 0 Å². The fraction of sp³-hybridized carbons (Fsp3) is 0.500. The van der Waals surface area contributed by atoms with E-state index in [1.807, 2.05) is 0 Å².